The van der Waals surface area contributed by atoms with Gasteiger partial charge in [0, 0.05) is 0 Å². The van der Waals surface area contributed by atoms with Crippen LogP contribution in [-0.4, -0.2) is 28.3 Å². The Labute approximate surface area is 175 Å². The van der Waals surface area contributed by atoms with Crippen molar-refractivity contribution in [2.24, 2.45) is 5.10 Å². The molecule has 0 aromatic heterocycles. The SMILES string of the molecule is CCCCCOc1ccc(/C=N/NS(=O)(=O)c2ccc(Cl)c(Cl)c2)cc1OC. The highest BCUT2D eigenvalue weighted by molar-refractivity contribution is 7.89. The van der Waals surface area contributed by atoms with Crippen LogP contribution in [0.5, 0.6) is 11.5 Å². The van der Waals surface area contributed by atoms with Crippen molar-refractivity contribution in [2.75, 3.05) is 13.7 Å². The molecular weight excluding hydrogens is 423 g/mol. The largest absolute Gasteiger partial charge is 0.493 e. The highest BCUT2D eigenvalue weighted by Gasteiger charge is 2.14. The number of nitrogens with zero attached hydrogens (tertiary/aromatic N) is 1. The normalized spacial score (nSPS) is 11.6. The monoisotopic (exact) mass is 444 g/mol. The molecule has 2 aromatic carbocycles. The molecule has 2 aromatic rings. The van der Waals surface area contributed by atoms with Gasteiger partial charge in [0.2, 0.25) is 0 Å². The van der Waals surface area contributed by atoms with Crippen LogP contribution in [0.25, 0.3) is 0 Å². The van der Waals surface area contributed by atoms with Crippen LogP contribution in [0.2, 0.25) is 10.0 Å². The van der Waals surface area contributed by atoms with E-state index in [4.69, 9.17) is 32.7 Å². The number of ether oxygens (including phenoxy) is 2. The van der Waals surface area contributed by atoms with Gasteiger partial charge in [-0.25, -0.2) is 4.83 Å². The standard InChI is InChI=1S/C19H22Cl2N2O4S/c1-3-4-5-10-27-18-9-6-14(11-19(18)26-2)13-22-23-28(24,25)15-7-8-16(20)17(21)12-15/h6-9,11-13,23H,3-5,10H2,1-2H3/b22-13+. The maximum Gasteiger partial charge on any atom is 0.276 e. The van der Waals surface area contributed by atoms with E-state index in [0.29, 0.717) is 23.7 Å². The molecule has 0 heterocycles. The smallest absolute Gasteiger partial charge is 0.276 e. The summed E-state index contributed by atoms with van der Waals surface area (Å²) in [5.41, 5.74) is 0.648. The summed E-state index contributed by atoms with van der Waals surface area (Å²) in [6.07, 6.45) is 4.57. The van der Waals surface area contributed by atoms with E-state index in [1.54, 1.807) is 25.3 Å². The molecule has 0 spiro atoms. The Kier molecular flexibility index (Phi) is 8.41. The number of halogens is 2. The molecule has 1 N–H and O–H groups in total. The first-order valence-corrected chi connectivity index (χ1v) is 10.9. The second-order valence-corrected chi connectivity index (χ2v) is 8.37. The minimum Gasteiger partial charge on any atom is -0.493 e. The highest BCUT2D eigenvalue weighted by atomic mass is 35.5. The first-order chi connectivity index (χ1) is 13.4. The number of sulfonamides is 1. The lowest BCUT2D eigenvalue weighted by molar-refractivity contribution is 0.286. The van der Waals surface area contributed by atoms with Gasteiger partial charge < -0.3 is 9.47 Å². The highest BCUT2D eigenvalue weighted by Crippen LogP contribution is 2.28. The summed E-state index contributed by atoms with van der Waals surface area (Å²) < 4.78 is 35.6. The van der Waals surface area contributed by atoms with Gasteiger partial charge in [-0.1, -0.05) is 43.0 Å². The molecule has 0 aliphatic carbocycles. The van der Waals surface area contributed by atoms with Crippen molar-refractivity contribution >= 4 is 39.4 Å². The molecule has 152 valence electrons. The molecule has 0 aliphatic heterocycles. The Hall–Kier alpha value is -1.96. The van der Waals surface area contributed by atoms with Gasteiger partial charge in [-0.05, 0) is 48.4 Å². The molecule has 0 bridgehead atoms. The van der Waals surface area contributed by atoms with Crippen LogP contribution in [-0.2, 0) is 10.0 Å². The fourth-order valence-electron chi connectivity index (χ4n) is 2.28. The summed E-state index contributed by atoms with van der Waals surface area (Å²) in [6.45, 7) is 2.74. The van der Waals surface area contributed by atoms with Gasteiger partial charge in [0.15, 0.2) is 11.5 Å². The van der Waals surface area contributed by atoms with Crippen LogP contribution in [0, 0.1) is 0 Å². The summed E-state index contributed by atoms with van der Waals surface area (Å²) in [5, 5.41) is 4.22. The fraction of sp³-hybridized carbons (Fsp3) is 0.316. The topological polar surface area (TPSA) is 77.0 Å². The lowest BCUT2D eigenvalue weighted by Gasteiger charge is -2.11. The van der Waals surface area contributed by atoms with Gasteiger partial charge in [0.25, 0.3) is 10.0 Å². The molecule has 9 heteroatoms. The van der Waals surface area contributed by atoms with Crippen LogP contribution in [0.1, 0.15) is 31.7 Å². The molecule has 0 saturated carbocycles. The van der Waals surface area contributed by atoms with Crippen molar-refractivity contribution in [3.05, 3.63) is 52.0 Å². The van der Waals surface area contributed by atoms with Gasteiger partial charge in [0.05, 0.1) is 34.9 Å². The summed E-state index contributed by atoms with van der Waals surface area (Å²) in [7, 11) is -2.31. The van der Waals surface area contributed by atoms with Gasteiger partial charge >= 0.3 is 0 Å². The minimum absolute atomic E-state index is 0.0348. The second kappa shape index (κ2) is 10.5. The first-order valence-electron chi connectivity index (χ1n) is 8.68. The Bertz CT molecular complexity index is 934. The van der Waals surface area contributed by atoms with Crippen LogP contribution in [0.15, 0.2) is 46.4 Å². The van der Waals surface area contributed by atoms with Crippen LogP contribution in [0.3, 0.4) is 0 Å². The van der Waals surface area contributed by atoms with Crippen molar-refractivity contribution in [1.82, 2.24) is 4.83 Å². The van der Waals surface area contributed by atoms with Crippen molar-refractivity contribution in [3.8, 4) is 11.5 Å². The summed E-state index contributed by atoms with van der Waals surface area (Å²) >= 11 is 11.7. The third kappa shape index (κ3) is 6.29. The molecule has 0 radical (unpaired) electrons. The number of unbranched alkanes of at least 4 members (excludes halogenated alkanes) is 2. The molecular formula is C19H22Cl2N2O4S. The summed E-state index contributed by atoms with van der Waals surface area (Å²) in [5.74, 6) is 1.18. The lowest BCUT2D eigenvalue weighted by atomic mass is 10.2. The number of hydrogen-bond donors (Lipinski definition) is 1. The molecule has 6 nitrogen and oxygen atoms in total. The van der Waals surface area contributed by atoms with E-state index >= 15 is 0 Å². The van der Waals surface area contributed by atoms with Crippen LogP contribution < -0.4 is 14.3 Å². The first kappa shape index (κ1) is 22.3. The fourth-order valence-corrected chi connectivity index (χ4v) is 3.46. The zero-order valence-electron chi connectivity index (χ0n) is 15.6. The molecule has 0 unspecified atom stereocenters. The second-order valence-electron chi connectivity index (χ2n) is 5.89. The predicted octanol–water partition coefficient (Wildman–Crippen LogP) is 4.88. The molecule has 0 atom stereocenters. The maximum atomic E-state index is 12.3. The number of nitrogens with one attached hydrogen (secondary N) is 1. The molecule has 0 amide bonds. The predicted molar refractivity (Wildman–Crippen MR) is 112 cm³/mol. The van der Waals surface area contributed by atoms with Crippen LogP contribution >= 0.6 is 23.2 Å². The Morgan fingerprint density at radius 3 is 2.54 bits per heavy atom. The average molecular weight is 445 g/mol. The molecule has 0 aliphatic rings. The van der Waals surface area contributed by atoms with Gasteiger partial charge in [-0.2, -0.15) is 13.5 Å². The van der Waals surface area contributed by atoms with E-state index in [1.165, 1.54) is 24.4 Å². The van der Waals surface area contributed by atoms with E-state index in [-0.39, 0.29) is 14.9 Å². The van der Waals surface area contributed by atoms with Gasteiger partial charge in [0.1, 0.15) is 0 Å². The van der Waals surface area contributed by atoms with Gasteiger partial charge in [-0.15, -0.1) is 0 Å². The average Bonchev–Trinajstić information content (AvgIpc) is 2.67. The number of methoxy groups -OCH3 is 1. The third-order valence-corrected chi connectivity index (χ3v) is 5.74. The molecule has 28 heavy (non-hydrogen) atoms. The van der Waals surface area contributed by atoms with Crippen LogP contribution in [0.4, 0.5) is 0 Å². The quantitative estimate of drug-likeness (QED) is 0.321. The number of hydrogen-bond acceptors (Lipinski definition) is 5. The van der Waals surface area contributed by atoms with E-state index in [9.17, 15) is 8.42 Å². The van der Waals surface area contributed by atoms with Crippen molar-refractivity contribution in [2.45, 2.75) is 31.1 Å². The van der Waals surface area contributed by atoms with E-state index in [1.807, 2.05) is 0 Å². The van der Waals surface area contributed by atoms with Crippen molar-refractivity contribution in [3.63, 3.8) is 0 Å². The summed E-state index contributed by atoms with van der Waals surface area (Å²) in [4.78, 5) is 2.10. The zero-order chi connectivity index (χ0) is 20.6. The minimum atomic E-state index is -3.86. The molecule has 0 saturated heterocycles. The number of rotatable bonds is 10. The zero-order valence-corrected chi connectivity index (χ0v) is 17.9. The van der Waals surface area contributed by atoms with E-state index in [0.717, 1.165) is 19.3 Å². The Balaban J connectivity index is 2.05. The Morgan fingerprint density at radius 1 is 1.07 bits per heavy atom. The third-order valence-electron chi connectivity index (χ3n) is 3.78. The summed E-state index contributed by atoms with van der Waals surface area (Å²) in [6, 6.07) is 9.25. The molecule has 2 rings (SSSR count). The maximum absolute atomic E-state index is 12.3. The number of hydrazone groups is 1. The molecule has 0 fully saturated rings. The van der Waals surface area contributed by atoms with E-state index < -0.39 is 10.0 Å². The van der Waals surface area contributed by atoms with E-state index in [2.05, 4.69) is 16.9 Å². The van der Waals surface area contributed by atoms with Crippen molar-refractivity contribution in [1.29, 1.82) is 0 Å². The van der Waals surface area contributed by atoms with Crippen molar-refractivity contribution < 1.29 is 17.9 Å². The van der Waals surface area contributed by atoms with Gasteiger partial charge in [-0.3, -0.25) is 0 Å². The number of benzene rings is 2. The Morgan fingerprint density at radius 2 is 1.86 bits per heavy atom. The lowest BCUT2D eigenvalue weighted by Crippen LogP contribution is -2.18.